The number of benzene rings is 2. The van der Waals surface area contributed by atoms with E-state index in [1.54, 1.807) is 29.7 Å². The van der Waals surface area contributed by atoms with Gasteiger partial charge in [-0.1, -0.05) is 42.5 Å². The highest BCUT2D eigenvalue weighted by atomic mass is 16.5. The summed E-state index contributed by atoms with van der Waals surface area (Å²) in [5.41, 5.74) is 2.08. The number of hydrogen-bond acceptors (Lipinski definition) is 4. The Labute approximate surface area is 181 Å². The Morgan fingerprint density at radius 2 is 1.84 bits per heavy atom. The van der Waals surface area contributed by atoms with Gasteiger partial charge in [-0.25, -0.2) is 0 Å². The fourth-order valence-electron chi connectivity index (χ4n) is 3.90. The molecule has 0 saturated carbocycles. The first-order chi connectivity index (χ1) is 14.9. The number of rotatable bonds is 6. The smallest absolute Gasteiger partial charge is 0.273 e. The number of methoxy groups -OCH3 is 1. The number of carbonyl (C=O) groups excluding carboxylic acids is 2. The summed E-state index contributed by atoms with van der Waals surface area (Å²) in [6.07, 6.45) is 0. The number of nitrogens with one attached hydrogen (secondary N) is 1. The van der Waals surface area contributed by atoms with E-state index in [9.17, 15) is 9.59 Å². The fourth-order valence-corrected chi connectivity index (χ4v) is 3.90. The van der Waals surface area contributed by atoms with Gasteiger partial charge in [0.15, 0.2) is 0 Å². The lowest BCUT2D eigenvalue weighted by Crippen LogP contribution is -2.63. The molecule has 4 rings (SSSR count). The topological polar surface area (TPSA) is 76.5 Å². The minimum atomic E-state index is -1.09. The van der Waals surface area contributed by atoms with Gasteiger partial charge < -0.3 is 15.0 Å². The maximum atomic E-state index is 13.4. The van der Waals surface area contributed by atoms with Gasteiger partial charge >= 0.3 is 0 Å². The molecule has 2 aromatic carbocycles. The van der Waals surface area contributed by atoms with Crippen molar-refractivity contribution in [1.82, 2.24) is 20.0 Å². The van der Waals surface area contributed by atoms with Crippen molar-refractivity contribution >= 4 is 11.8 Å². The van der Waals surface area contributed by atoms with E-state index in [-0.39, 0.29) is 11.8 Å². The maximum Gasteiger partial charge on any atom is 0.273 e. The lowest BCUT2D eigenvalue weighted by atomic mass is 9.94. The number of carbonyl (C=O) groups is 2. The van der Waals surface area contributed by atoms with Crippen molar-refractivity contribution in [2.75, 3.05) is 7.11 Å². The summed E-state index contributed by atoms with van der Waals surface area (Å²) >= 11 is 0. The van der Waals surface area contributed by atoms with E-state index in [1.807, 2.05) is 61.5 Å². The molecule has 160 valence electrons. The van der Waals surface area contributed by atoms with E-state index >= 15 is 0 Å². The number of nitrogens with zero attached hydrogens (tertiary/aromatic N) is 3. The zero-order valence-electron chi connectivity index (χ0n) is 18.0. The average molecular weight is 418 g/mol. The molecule has 0 unspecified atom stereocenters. The molecule has 0 saturated heterocycles. The van der Waals surface area contributed by atoms with Crippen LogP contribution in [0, 0.1) is 6.92 Å². The molecule has 1 aliphatic rings. The average Bonchev–Trinajstić information content (AvgIpc) is 3.16. The third-order valence-electron chi connectivity index (χ3n) is 5.70. The second-order valence-electron chi connectivity index (χ2n) is 8.01. The van der Waals surface area contributed by atoms with Gasteiger partial charge in [-0.05, 0) is 43.2 Å². The van der Waals surface area contributed by atoms with Crippen molar-refractivity contribution in [3.05, 3.63) is 83.2 Å². The second kappa shape index (κ2) is 8.26. The van der Waals surface area contributed by atoms with Crippen LogP contribution >= 0.6 is 0 Å². The zero-order chi connectivity index (χ0) is 22.0. The van der Waals surface area contributed by atoms with Crippen LogP contribution in [0.15, 0.2) is 60.7 Å². The van der Waals surface area contributed by atoms with Crippen LogP contribution in [0.5, 0.6) is 5.75 Å². The third-order valence-corrected chi connectivity index (χ3v) is 5.70. The number of amides is 2. The summed E-state index contributed by atoms with van der Waals surface area (Å²) in [4.78, 5) is 28.4. The van der Waals surface area contributed by atoms with Gasteiger partial charge in [0, 0.05) is 13.1 Å². The number of aromatic nitrogens is 2. The highest BCUT2D eigenvalue weighted by Gasteiger charge is 2.47. The Hall–Kier alpha value is -3.61. The Kier molecular flexibility index (Phi) is 5.50. The van der Waals surface area contributed by atoms with Crippen LogP contribution in [-0.4, -0.2) is 39.1 Å². The first-order valence-corrected chi connectivity index (χ1v) is 10.2. The molecule has 1 atom stereocenters. The molecule has 7 heteroatoms. The zero-order valence-corrected chi connectivity index (χ0v) is 18.0. The number of ether oxygens (including phenoxy) is 1. The van der Waals surface area contributed by atoms with Crippen molar-refractivity contribution in [3.8, 4) is 5.75 Å². The van der Waals surface area contributed by atoms with E-state index in [0.717, 1.165) is 22.6 Å². The maximum absolute atomic E-state index is 13.4. The summed E-state index contributed by atoms with van der Waals surface area (Å²) in [5.74, 6) is 0.322. The number of hydrogen-bond donors (Lipinski definition) is 1. The normalized spacial score (nSPS) is 17.9. The van der Waals surface area contributed by atoms with Crippen LogP contribution in [0.2, 0.25) is 0 Å². The molecule has 2 heterocycles. The molecule has 1 aromatic heterocycles. The Morgan fingerprint density at radius 3 is 2.52 bits per heavy atom. The van der Waals surface area contributed by atoms with Gasteiger partial charge in [0.25, 0.3) is 5.91 Å². The van der Waals surface area contributed by atoms with Crippen LogP contribution < -0.4 is 10.1 Å². The van der Waals surface area contributed by atoms with E-state index in [1.165, 1.54) is 0 Å². The van der Waals surface area contributed by atoms with Gasteiger partial charge in [0.1, 0.15) is 17.0 Å². The SMILES string of the molecule is COc1ccc(CN2C(=O)c3cc(C)nn3C[C@@]2(C)C(=O)NCc2ccccc2)cc1. The van der Waals surface area contributed by atoms with Crippen LogP contribution in [-0.2, 0) is 24.4 Å². The molecule has 31 heavy (non-hydrogen) atoms. The van der Waals surface area contributed by atoms with Crippen molar-refractivity contribution < 1.29 is 14.3 Å². The summed E-state index contributed by atoms with van der Waals surface area (Å²) in [6.45, 7) is 4.64. The predicted molar refractivity (Wildman–Crippen MR) is 117 cm³/mol. The Bertz CT molecular complexity index is 1090. The number of fused-ring (bicyclic) bond motifs is 1. The first kappa shape index (κ1) is 20.7. The molecule has 1 N–H and O–H groups in total. The van der Waals surface area contributed by atoms with E-state index < -0.39 is 5.54 Å². The largest absolute Gasteiger partial charge is 0.497 e. The molecule has 0 radical (unpaired) electrons. The number of aryl methyl sites for hydroxylation is 1. The van der Waals surface area contributed by atoms with Crippen LogP contribution in [0.3, 0.4) is 0 Å². The van der Waals surface area contributed by atoms with Crippen molar-refractivity contribution in [3.63, 3.8) is 0 Å². The third kappa shape index (κ3) is 4.03. The van der Waals surface area contributed by atoms with Crippen LogP contribution in [0.4, 0.5) is 0 Å². The molecule has 0 spiro atoms. The molecule has 1 aliphatic heterocycles. The lowest BCUT2D eigenvalue weighted by molar-refractivity contribution is -0.133. The lowest BCUT2D eigenvalue weighted by Gasteiger charge is -2.43. The van der Waals surface area contributed by atoms with E-state index in [4.69, 9.17) is 4.74 Å². The van der Waals surface area contributed by atoms with Crippen molar-refractivity contribution in [2.45, 2.75) is 39.0 Å². The van der Waals surface area contributed by atoms with E-state index in [2.05, 4.69) is 10.4 Å². The highest BCUT2D eigenvalue weighted by Crippen LogP contribution is 2.29. The van der Waals surface area contributed by atoms with Gasteiger partial charge in [-0.15, -0.1) is 0 Å². The molecule has 2 amide bonds. The van der Waals surface area contributed by atoms with Crippen LogP contribution in [0.25, 0.3) is 0 Å². The van der Waals surface area contributed by atoms with Crippen molar-refractivity contribution in [1.29, 1.82) is 0 Å². The second-order valence-corrected chi connectivity index (χ2v) is 8.01. The minimum absolute atomic E-state index is 0.208. The summed E-state index contributed by atoms with van der Waals surface area (Å²) in [5, 5.41) is 7.44. The van der Waals surface area contributed by atoms with Gasteiger partial charge in [0.2, 0.25) is 5.91 Å². The molecule has 0 bridgehead atoms. The minimum Gasteiger partial charge on any atom is -0.497 e. The highest BCUT2D eigenvalue weighted by molar-refractivity contribution is 5.99. The van der Waals surface area contributed by atoms with E-state index in [0.29, 0.717) is 25.3 Å². The molecular weight excluding hydrogens is 392 g/mol. The van der Waals surface area contributed by atoms with Crippen LogP contribution in [0.1, 0.15) is 34.2 Å². The van der Waals surface area contributed by atoms with Gasteiger partial charge in [0.05, 0.1) is 19.3 Å². The molecular formula is C24H26N4O3. The summed E-state index contributed by atoms with van der Waals surface area (Å²) < 4.78 is 6.87. The standard InChI is InChI=1S/C24H26N4O3/c1-17-13-21-22(29)27(15-19-9-11-20(31-3)12-10-19)24(2,16-28(21)26-17)23(30)25-14-18-7-5-4-6-8-18/h4-13H,14-16H2,1-3H3,(H,25,30)/t24-/m0/s1. The molecule has 0 aliphatic carbocycles. The Morgan fingerprint density at radius 1 is 1.13 bits per heavy atom. The molecule has 7 nitrogen and oxygen atoms in total. The first-order valence-electron chi connectivity index (χ1n) is 10.2. The van der Waals surface area contributed by atoms with Gasteiger partial charge in [-0.2, -0.15) is 5.10 Å². The monoisotopic (exact) mass is 418 g/mol. The Balaban J connectivity index is 1.63. The molecule has 3 aromatic rings. The van der Waals surface area contributed by atoms with Gasteiger partial charge in [-0.3, -0.25) is 14.3 Å². The quantitative estimate of drug-likeness (QED) is 0.668. The summed E-state index contributed by atoms with van der Waals surface area (Å²) in [6, 6.07) is 19.0. The van der Waals surface area contributed by atoms with Crippen molar-refractivity contribution in [2.24, 2.45) is 0 Å². The predicted octanol–water partition coefficient (Wildman–Crippen LogP) is 2.93. The molecule has 0 fully saturated rings. The summed E-state index contributed by atoms with van der Waals surface area (Å²) in [7, 11) is 1.61. The fraction of sp³-hybridized carbons (Fsp3) is 0.292.